The van der Waals surface area contributed by atoms with Crippen LogP contribution in [0.5, 0.6) is 0 Å². The molecule has 0 aliphatic carbocycles. The summed E-state index contributed by atoms with van der Waals surface area (Å²) in [5.74, 6) is 0.630. The van der Waals surface area contributed by atoms with Crippen LogP contribution in [0.25, 0.3) is 0 Å². The molecule has 0 radical (unpaired) electrons. The Balaban J connectivity index is 0.00000312. The summed E-state index contributed by atoms with van der Waals surface area (Å²) < 4.78 is 0. The van der Waals surface area contributed by atoms with Gasteiger partial charge in [-0.05, 0) is 31.5 Å². The molecule has 1 aliphatic heterocycles. The monoisotopic (exact) mass is 459 g/mol. The van der Waals surface area contributed by atoms with Gasteiger partial charge in [0.25, 0.3) is 0 Å². The first-order valence-corrected chi connectivity index (χ1v) is 8.72. The molecule has 0 bridgehead atoms. The van der Waals surface area contributed by atoms with Gasteiger partial charge in [-0.2, -0.15) is 0 Å². The minimum atomic E-state index is -0.0437. The third-order valence-corrected chi connectivity index (χ3v) is 4.38. The van der Waals surface area contributed by atoms with Crippen molar-refractivity contribution >= 4 is 35.8 Å². The molecule has 7 heteroatoms. The molecule has 1 aromatic rings. The lowest BCUT2D eigenvalue weighted by atomic mass is 10.2. The zero-order valence-corrected chi connectivity index (χ0v) is 17.5. The van der Waals surface area contributed by atoms with E-state index in [4.69, 9.17) is 0 Å². The predicted molar refractivity (Wildman–Crippen MR) is 113 cm³/mol. The Labute approximate surface area is 167 Å². The Morgan fingerprint density at radius 3 is 2.68 bits per heavy atom. The summed E-state index contributed by atoms with van der Waals surface area (Å²) >= 11 is 0. The van der Waals surface area contributed by atoms with E-state index < -0.39 is 0 Å². The van der Waals surface area contributed by atoms with Gasteiger partial charge in [0, 0.05) is 26.2 Å². The minimum Gasteiger partial charge on any atom is -0.355 e. The zero-order chi connectivity index (χ0) is 17.2. The lowest BCUT2D eigenvalue weighted by molar-refractivity contribution is -0.120. The predicted octanol–water partition coefficient (Wildman–Crippen LogP) is 1.57. The average Bonchev–Trinajstić information content (AvgIpc) is 3.08. The fraction of sp³-hybridized carbons (Fsp3) is 0.556. The van der Waals surface area contributed by atoms with Gasteiger partial charge >= 0.3 is 0 Å². The highest BCUT2D eigenvalue weighted by molar-refractivity contribution is 14.0. The second-order valence-corrected chi connectivity index (χ2v) is 5.99. The van der Waals surface area contributed by atoms with E-state index in [0.29, 0.717) is 18.5 Å². The van der Waals surface area contributed by atoms with Crippen LogP contribution >= 0.6 is 24.0 Å². The van der Waals surface area contributed by atoms with Crippen molar-refractivity contribution in [2.45, 2.75) is 32.4 Å². The highest BCUT2D eigenvalue weighted by Gasteiger charge is 2.22. The molecule has 1 unspecified atom stereocenters. The topological polar surface area (TPSA) is 68.8 Å². The van der Waals surface area contributed by atoms with E-state index in [0.717, 1.165) is 18.7 Å². The van der Waals surface area contributed by atoms with Gasteiger partial charge in [-0.3, -0.25) is 14.7 Å². The SMILES string of the molecule is CCN1CCCC1CNC(=NC)NCC(=O)NCc1ccccc1.I. The number of carbonyl (C=O) groups is 1. The van der Waals surface area contributed by atoms with Crippen LogP contribution in [0.2, 0.25) is 0 Å². The standard InChI is InChI=1S/C18H29N5O.HI/c1-3-23-11-7-10-16(23)13-21-18(19-2)22-14-17(24)20-12-15-8-5-4-6-9-15;/h4-6,8-9,16H,3,7,10-14H2,1-2H3,(H,20,24)(H2,19,21,22);1H. The molecule has 140 valence electrons. The number of hydrogen-bond donors (Lipinski definition) is 3. The highest BCUT2D eigenvalue weighted by Crippen LogP contribution is 2.15. The molecule has 1 heterocycles. The molecule has 25 heavy (non-hydrogen) atoms. The fourth-order valence-electron chi connectivity index (χ4n) is 3.00. The highest BCUT2D eigenvalue weighted by atomic mass is 127. The number of nitrogens with zero attached hydrogens (tertiary/aromatic N) is 2. The lowest BCUT2D eigenvalue weighted by Gasteiger charge is -2.23. The normalized spacial score (nSPS) is 17.7. The van der Waals surface area contributed by atoms with Gasteiger partial charge in [-0.25, -0.2) is 0 Å². The van der Waals surface area contributed by atoms with E-state index in [9.17, 15) is 4.79 Å². The number of amides is 1. The summed E-state index contributed by atoms with van der Waals surface area (Å²) in [7, 11) is 1.73. The van der Waals surface area contributed by atoms with Crippen molar-refractivity contribution in [3.63, 3.8) is 0 Å². The van der Waals surface area contributed by atoms with Crippen LogP contribution in [0.3, 0.4) is 0 Å². The maximum Gasteiger partial charge on any atom is 0.239 e. The number of hydrogen-bond acceptors (Lipinski definition) is 3. The number of benzene rings is 1. The molecule has 3 N–H and O–H groups in total. The maximum atomic E-state index is 11.9. The first-order chi connectivity index (χ1) is 11.7. The molecule has 1 aliphatic rings. The van der Waals surface area contributed by atoms with Crippen molar-refractivity contribution in [1.29, 1.82) is 0 Å². The summed E-state index contributed by atoms with van der Waals surface area (Å²) in [6, 6.07) is 10.4. The number of nitrogens with one attached hydrogen (secondary N) is 3. The van der Waals surface area contributed by atoms with E-state index in [2.05, 4.69) is 32.8 Å². The van der Waals surface area contributed by atoms with E-state index in [-0.39, 0.29) is 36.4 Å². The van der Waals surface area contributed by atoms with Crippen LogP contribution < -0.4 is 16.0 Å². The van der Waals surface area contributed by atoms with E-state index >= 15 is 0 Å². The van der Waals surface area contributed by atoms with Crippen LogP contribution in [0.4, 0.5) is 0 Å². The van der Waals surface area contributed by atoms with Crippen molar-refractivity contribution in [2.24, 2.45) is 4.99 Å². The Morgan fingerprint density at radius 2 is 2.00 bits per heavy atom. The van der Waals surface area contributed by atoms with Crippen LogP contribution in [0.15, 0.2) is 35.3 Å². The second-order valence-electron chi connectivity index (χ2n) is 5.99. The molecular weight excluding hydrogens is 429 g/mol. The summed E-state index contributed by atoms with van der Waals surface area (Å²) in [5, 5.41) is 9.29. The number of likely N-dealkylation sites (N-methyl/N-ethyl adjacent to an activating group) is 1. The van der Waals surface area contributed by atoms with Crippen molar-refractivity contribution in [3.8, 4) is 0 Å². The Kier molecular flexibility index (Phi) is 10.5. The first kappa shape index (κ1) is 21.7. The molecule has 2 rings (SSSR count). The Hall–Kier alpha value is -1.35. The van der Waals surface area contributed by atoms with Crippen LogP contribution in [-0.2, 0) is 11.3 Å². The molecule has 1 amide bonds. The second kappa shape index (κ2) is 12.1. The Bertz CT molecular complexity index is 538. The molecule has 1 aromatic carbocycles. The average molecular weight is 459 g/mol. The summed E-state index contributed by atoms with van der Waals surface area (Å²) in [5.41, 5.74) is 1.09. The van der Waals surface area contributed by atoms with Crippen molar-refractivity contribution in [1.82, 2.24) is 20.9 Å². The number of guanidine groups is 1. The van der Waals surface area contributed by atoms with Crippen LogP contribution in [-0.4, -0.2) is 56.0 Å². The van der Waals surface area contributed by atoms with Gasteiger partial charge in [0.2, 0.25) is 5.91 Å². The molecule has 0 saturated carbocycles. The number of carbonyl (C=O) groups excluding carboxylic acids is 1. The van der Waals surface area contributed by atoms with Crippen LogP contribution in [0.1, 0.15) is 25.3 Å². The van der Waals surface area contributed by atoms with E-state index in [1.807, 2.05) is 30.3 Å². The zero-order valence-electron chi connectivity index (χ0n) is 15.1. The lowest BCUT2D eigenvalue weighted by Crippen LogP contribution is -2.47. The largest absolute Gasteiger partial charge is 0.355 e. The smallest absolute Gasteiger partial charge is 0.239 e. The molecule has 1 fully saturated rings. The van der Waals surface area contributed by atoms with Crippen molar-refractivity contribution < 1.29 is 4.79 Å². The van der Waals surface area contributed by atoms with Crippen LogP contribution in [0, 0.1) is 0 Å². The van der Waals surface area contributed by atoms with E-state index in [1.54, 1.807) is 7.05 Å². The molecule has 1 saturated heterocycles. The number of likely N-dealkylation sites (tertiary alicyclic amines) is 1. The minimum absolute atomic E-state index is 0. The van der Waals surface area contributed by atoms with Gasteiger partial charge in [0.1, 0.15) is 0 Å². The van der Waals surface area contributed by atoms with Gasteiger partial charge in [0.05, 0.1) is 6.54 Å². The molecular formula is C18H30IN5O. The van der Waals surface area contributed by atoms with Gasteiger partial charge in [-0.15, -0.1) is 24.0 Å². The molecule has 0 spiro atoms. The number of aliphatic imine (C=N–C) groups is 1. The quantitative estimate of drug-likeness (QED) is 0.329. The molecule has 0 aromatic heterocycles. The van der Waals surface area contributed by atoms with Gasteiger partial charge < -0.3 is 16.0 Å². The van der Waals surface area contributed by atoms with Crippen molar-refractivity contribution in [2.75, 3.05) is 33.2 Å². The van der Waals surface area contributed by atoms with E-state index in [1.165, 1.54) is 19.4 Å². The molecule has 6 nitrogen and oxygen atoms in total. The number of rotatable bonds is 7. The maximum absolute atomic E-state index is 11.9. The summed E-state index contributed by atoms with van der Waals surface area (Å²) in [6.45, 7) is 6.08. The summed E-state index contributed by atoms with van der Waals surface area (Å²) in [4.78, 5) is 18.6. The number of halogens is 1. The first-order valence-electron chi connectivity index (χ1n) is 8.72. The van der Waals surface area contributed by atoms with Crippen molar-refractivity contribution in [3.05, 3.63) is 35.9 Å². The Morgan fingerprint density at radius 1 is 1.24 bits per heavy atom. The summed E-state index contributed by atoms with van der Waals surface area (Å²) in [6.07, 6.45) is 2.48. The van der Waals surface area contributed by atoms with Gasteiger partial charge in [0.15, 0.2) is 5.96 Å². The fourth-order valence-corrected chi connectivity index (χ4v) is 3.00. The van der Waals surface area contributed by atoms with Gasteiger partial charge in [-0.1, -0.05) is 37.3 Å². The third-order valence-electron chi connectivity index (χ3n) is 4.38. The third kappa shape index (κ3) is 7.60. The molecule has 1 atom stereocenters.